The highest BCUT2D eigenvalue weighted by molar-refractivity contribution is 5.92. The fraction of sp³-hybridized carbons (Fsp3) is 0.579. The van der Waals surface area contributed by atoms with E-state index in [0.717, 1.165) is 13.0 Å². The summed E-state index contributed by atoms with van der Waals surface area (Å²) in [6.07, 6.45) is 4.96. The quantitative estimate of drug-likeness (QED) is 0.0837. The number of carboxylic acid groups (broad SMARTS) is 1. The predicted molar refractivity (Wildman–Crippen MR) is 118 cm³/mol. The summed E-state index contributed by atoms with van der Waals surface area (Å²) in [6, 6.07) is -2.61. The van der Waals surface area contributed by atoms with Gasteiger partial charge in [0.15, 0.2) is 5.96 Å². The first-order valence-electron chi connectivity index (χ1n) is 10.6. The number of rotatable bonds is 13. The highest BCUT2D eigenvalue weighted by Gasteiger charge is 2.28. The van der Waals surface area contributed by atoms with Gasteiger partial charge in [-0.1, -0.05) is 0 Å². The van der Waals surface area contributed by atoms with Gasteiger partial charge < -0.3 is 42.8 Å². The number of aromatic amines is 1. The van der Waals surface area contributed by atoms with Gasteiger partial charge in [0, 0.05) is 24.9 Å². The average molecular weight is 466 g/mol. The Bertz CT molecular complexity index is 833. The van der Waals surface area contributed by atoms with Gasteiger partial charge in [0.2, 0.25) is 17.7 Å². The van der Waals surface area contributed by atoms with Crippen LogP contribution < -0.4 is 32.7 Å². The number of carbonyl (C=O) groups excluding carboxylic acids is 3. The third-order valence-electron chi connectivity index (χ3n) is 4.99. The van der Waals surface area contributed by atoms with Crippen molar-refractivity contribution in [1.29, 1.82) is 0 Å². The molecule has 1 fully saturated rings. The monoisotopic (exact) mass is 465 g/mol. The lowest BCUT2D eigenvalue weighted by Crippen LogP contribution is -2.54. The predicted octanol–water partition coefficient (Wildman–Crippen LogP) is -3.07. The lowest BCUT2D eigenvalue weighted by Gasteiger charge is -2.21. The molecule has 33 heavy (non-hydrogen) atoms. The Kier molecular flexibility index (Phi) is 10.1. The summed E-state index contributed by atoms with van der Waals surface area (Å²) in [5.41, 5.74) is 11.0. The topological polar surface area (TPSA) is 230 Å². The van der Waals surface area contributed by atoms with Crippen LogP contribution in [-0.4, -0.2) is 82.5 Å². The van der Waals surface area contributed by atoms with Crippen molar-refractivity contribution in [2.75, 3.05) is 19.6 Å². The molecule has 0 spiro atoms. The van der Waals surface area contributed by atoms with Gasteiger partial charge in [0.05, 0.1) is 18.9 Å². The van der Waals surface area contributed by atoms with Crippen LogP contribution in [0.4, 0.5) is 0 Å². The summed E-state index contributed by atoms with van der Waals surface area (Å²) in [7, 11) is 0. The van der Waals surface area contributed by atoms with E-state index in [4.69, 9.17) is 11.5 Å². The SMILES string of the molecule is NC(N)=NCCC[C@H](NC(=O)[C@H](Cc1cnc[nH]1)NC(=O)CNC(=O)[C@@H]1CCCN1)C(=O)O. The van der Waals surface area contributed by atoms with Crippen molar-refractivity contribution < 1.29 is 24.3 Å². The molecule has 14 nitrogen and oxygen atoms in total. The van der Waals surface area contributed by atoms with E-state index in [-0.39, 0.29) is 43.8 Å². The summed E-state index contributed by atoms with van der Waals surface area (Å²) < 4.78 is 0. The fourth-order valence-electron chi connectivity index (χ4n) is 3.30. The van der Waals surface area contributed by atoms with Gasteiger partial charge in [-0.3, -0.25) is 19.4 Å². The Morgan fingerprint density at radius 3 is 2.64 bits per heavy atom. The number of nitrogens with two attached hydrogens (primary N) is 2. The van der Waals surface area contributed by atoms with Gasteiger partial charge in [-0.2, -0.15) is 0 Å². The van der Waals surface area contributed by atoms with Crippen molar-refractivity contribution in [3.63, 3.8) is 0 Å². The number of hydrogen-bond acceptors (Lipinski definition) is 7. The minimum atomic E-state index is -1.23. The molecule has 0 unspecified atom stereocenters. The van der Waals surface area contributed by atoms with Crippen LogP contribution in [0.2, 0.25) is 0 Å². The smallest absolute Gasteiger partial charge is 0.326 e. The van der Waals surface area contributed by atoms with E-state index in [9.17, 15) is 24.3 Å². The summed E-state index contributed by atoms with van der Waals surface area (Å²) in [6.45, 7) is 0.643. The maximum Gasteiger partial charge on any atom is 0.326 e. The maximum absolute atomic E-state index is 12.8. The number of guanidine groups is 1. The minimum absolute atomic E-state index is 0.0516. The number of H-pyrrole nitrogens is 1. The van der Waals surface area contributed by atoms with Crippen LogP contribution in [0.15, 0.2) is 17.5 Å². The molecule has 1 aromatic heterocycles. The Morgan fingerprint density at radius 1 is 1.24 bits per heavy atom. The maximum atomic E-state index is 12.8. The second kappa shape index (κ2) is 13.0. The zero-order valence-corrected chi connectivity index (χ0v) is 18.2. The highest BCUT2D eigenvalue weighted by atomic mass is 16.4. The van der Waals surface area contributed by atoms with Gasteiger partial charge >= 0.3 is 5.97 Å². The van der Waals surface area contributed by atoms with E-state index in [1.54, 1.807) is 0 Å². The van der Waals surface area contributed by atoms with Crippen molar-refractivity contribution in [3.05, 3.63) is 18.2 Å². The minimum Gasteiger partial charge on any atom is -0.480 e. The van der Waals surface area contributed by atoms with E-state index in [1.165, 1.54) is 12.5 Å². The van der Waals surface area contributed by atoms with Crippen LogP contribution in [0.3, 0.4) is 0 Å². The largest absolute Gasteiger partial charge is 0.480 e. The Labute approximate surface area is 190 Å². The normalized spacial score (nSPS) is 16.9. The second-order valence-electron chi connectivity index (χ2n) is 7.62. The Balaban J connectivity index is 1.95. The summed E-state index contributed by atoms with van der Waals surface area (Å²) in [5, 5.41) is 20.0. The first kappa shape index (κ1) is 25.6. The molecule has 1 saturated heterocycles. The van der Waals surface area contributed by atoms with Crippen molar-refractivity contribution in [2.24, 2.45) is 16.5 Å². The van der Waals surface area contributed by atoms with E-state index in [2.05, 4.69) is 36.2 Å². The van der Waals surface area contributed by atoms with Gasteiger partial charge in [-0.25, -0.2) is 9.78 Å². The van der Waals surface area contributed by atoms with Crippen molar-refractivity contribution in [3.8, 4) is 0 Å². The molecule has 3 atom stereocenters. The number of carboxylic acids is 1. The van der Waals surface area contributed by atoms with Gasteiger partial charge in [0.25, 0.3) is 0 Å². The number of nitrogens with one attached hydrogen (secondary N) is 5. The third-order valence-corrected chi connectivity index (χ3v) is 4.99. The molecule has 0 saturated carbocycles. The lowest BCUT2D eigenvalue weighted by molar-refractivity contribution is -0.142. The molecule has 14 heteroatoms. The number of carbonyl (C=O) groups is 4. The van der Waals surface area contributed by atoms with Crippen LogP contribution in [0.5, 0.6) is 0 Å². The molecule has 182 valence electrons. The average Bonchev–Trinajstić information content (AvgIpc) is 3.47. The number of imidazole rings is 1. The summed E-state index contributed by atoms with van der Waals surface area (Å²) in [4.78, 5) is 59.4. The summed E-state index contributed by atoms with van der Waals surface area (Å²) in [5.74, 6) is -2.89. The molecule has 0 radical (unpaired) electrons. The fourth-order valence-corrected chi connectivity index (χ4v) is 3.30. The molecule has 10 N–H and O–H groups in total. The molecule has 0 aliphatic carbocycles. The van der Waals surface area contributed by atoms with Crippen LogP contribution in [0.1, 0.15) is 31.4 Å². The Morgan fingerprint density at radius 2 is 2.03 bits per heavy atom. The van der Waals surface area contributed by atoms with Crippen LogP contribution in [-0.2, 0) is 25.6 Å². The number of aliphatic imine (C=N–C) groups is 1. The third kappa shape index (κ3) is 9.14. The van der Waals surface area contributed by atoms with Crippen molar-refractivity contribution in [2.45, 2.75) is 50.2 Å². The van der Waals surface area contributed by atoms with E-state index in [1.807, 2.05) is 0 Å². The number of nitrogens with zero attached hydrogens (tertiary/aromatic N) is 2. The highest BCUT2D eigenvalue weighted by Crippen LogP contribution is 2.05. The molecule has 0 bridgehead atoms. The molecule has 3 amide bonds. The molecule has 1 aromatic rings. The molecule has 0 aromatic carbocycles. The zero-order valence-electron chi connectivity index (χ0n) is 18.2. The van der Waals surface area contributed by atoms with Crippen LogP contribution in [0.25, 0.3) is 0 Å². The first-order valence-corrected chi connectivity index (χ1v) is 10.6. The van der Waals surface area contributed by atoms with Gasteiger partial charge in [-0.15, -0.1) is 0 Å². The standard InChI is InChI=1S/C19H31N9O5/c20-19(21)24-6-2-4-13(18(32)33)28-17(31)14(7-11-8-22-10-26-11)27-15(29)9-25-16(30)12-3-1-5-23-12/h8,10,12-14,23H,1-7,9H2,(H,22,26)(H,25,30)(H,27,29)(H,28,31)(H,32,33)(H4,20,21,24)/t12-,13-,14-/m0/s1. The van der Waals surface area contributed by atoms with Crippen LogP contribution in [0, 0.1) is 0 Å². The number of amides is 3. The Hall–Kier alpha value is -3.68. The molecule has 1 aliphatic heterocycles. The molecule has 2 rings (SSSR count). The van der Waals surface area contributed by atoms with E-state index in [0.29, 0.717) is 18.5 Å². The first-order chi connectivity index (χ1) is 15.8. The molecule has 2 heterocycles. The summed E-state index contributed by atoms with van der Waals surface area (Å²) >= 11 is 0. The molecular weight excluding hydrogens is 434 g/mol. The zero-order chi connectivity index (χ0) is 24.2. The molecular formula is C19H31N9O5. The number of hydrogen-bond donors (Lipinski definition) is 8. The number of aliphatic carboxylic acids is 1. The van der Waals surface area contributed by atoms with E-state index < -0.39 is 29.9 Å². The van der Waals surface area contributed by atoms with Crippen molar-refractivity contribution in [1.82, 2.24) is 31.2 Å². The van der Waals surface area contributed by atoms with Gasteiger partial charge in [0.1, 0.15) is 12.1 Å². The second-order valence-corrected chi connectivity index (χ2v) is 7.62. The lowest BCUT2D eigenvalue weighted by atomic mass is 10.1. The van der Waals surface area contributed by atoms with Gasteiger partial charge in [-0.05, 0) is 32.2 Å². The van der Waals surface area contributed by atoms with E-state index >= 15 is 0 Å². The van der Waals surface area contributed by atoms with Crippen molar-refractivity contribution >= 4 is 29.7 Å². The van der Waals surface area contributed by atoms with Crippen LogP contribution >= 0.6 is 0 Å². The molecule has 1 aliphatic rings. The number of aromatic nitrogens is 2.